The molecule has 4 amide bonds. The summed E-state index contributed by atoms with van der Waals surface area (Å²) in [7, 11) is 0. The van der Waals surface area contributed by atoms with Gasteiger partial charge in [0.2, 0.25) is 0 Å². The zero-order valence-electron chi connectivity index (χ0n) is 16.3. The fourth-order valence-electron chi connectivity index (χ4n) is 2.49. The van der Waals surface area contributed by atoms with Crippen LogP contribution in [0.4, 0.5) is 0 Å². The van der Waals surface area contributed by atoms with Crippen molar-refractivity contribution < 1.29 is 19.2 Å². The Hall–Kier alpha value is -3.88. The van der Waals surface area contributed by atoms with Gasteiger partial charge in [0.25, 0.3) is 23.6 Å². The second-order valence-electron chi connectivity index (χ2n) is 6.41. The van der Waals surface area contributed by atoms with Gasteiger partial charge in [-0.25, -0.2) is 0 Å². The molecule has 0 saturated heterocycles. The number of hydrogen-bond acceptors (Lipinski definition) is 4. The van der Waals surface area contributed by atoms with E-state index in [4.69, 9.17) is 23.2 Å². The minimum atomic E-state index is -0.574. The van der Waals surface area contributed by atoms with Gasteiger partial charge in [0, 0.05) is 32.3 Å². The van der Waals surface area contributed by atoms with Crippen molar-refractivity contribution in [1.29, 1.82) is 0 Å². The maximum atomic E-state index is 12.2. The lowest BCUT2D eigenvalue weighted by atomic mass is 10.1. The van der Waals surface area contributed by atoms with Crippen LogP contribution in [0.15, 0.2) is 72.8 Å². The Morgan fingerprint density at radius 2 is 0.594 bits per heavy atom. The number of nitrogens with one attached hydrogen (secondary N) is 4. The van der Waals surface area contributed by atoms with E-state index in [1.165, 1.54) is 48.5 Å². The van der Waals surface area contributed by atoms with Crippen molar-refractivity contribution in [2.45, 2.75) is 0 Å². The highest BCUT2D eigenvalue weighted by molar-refractivity contribution is 6.31. The van der Waals surface area contributed by atoms with Crippen LogP contribution in [0, 0.1) is 0 Å². The molecule has 0 spiro atoms. The molecule has 0 atom stereocenters. The predicted octanol–water partition coefficient (Wildman–Crippen LogP) is 3.14. The van der Waals surface area contributed by atoms with Crippen LogP contribution in [-0.4, -0.2) is 23.6 Å². The molecule has 0 fully saturated rings. The molecule has 3 rings (SSSR count). The molecule has 0 heterocycles. The molecule has 0 unspecified atom stereocenters. The standard InChI is InChI=1S/C22H16Cl2N4O4/c23-17-9-5-15(6-10-17)21(31)27-25-19(29)13-1-2-14(4-3-13)20(30)26-28-22(32)16-7-11-18(24)12-8-16/h1-12H,(H,25,29)(H,26,30)(H,27,31)(H,28,32). The Morgan fingerprint density at radius 3 is 0.812 bits per heavy atom. The molecule has 4 N–H and O–H groups in total. The van der Waals surface area contributed by atoms with Crippen LogP contribution < -0.4 is 21.7 Å². The van der Waals surface area contributed by atoms with Gasteiger partial charge in [-0.15, -0.1) is 0 Å². The van der Waals surface area contributed by atoms with E-state index in [9.17, 15) is 19.2 Å². The highest BCUT2D eigenvalue weighted by Gasteiger charge is 2.12. The minimum absolute atomic E-state index is 0.211. The van der Waals surface area contributed by atoms with Crippen molar-refractivity contribution >= 4 is 46.8 Å². The lowest BCUT2D eigenvalue weighted by molar-refractivity contribution is 0.0844. The lowest BCUT2D eigenvalue weighted by Crippen LogP contribution is -2.42. The van der Waals surface area contributed by atoms with Gasteiger partial charge in [-0.05, 0) is 72.8 Å². The van der Waals surface area contributed by atoms with E-state index in [1.54, 1.807) is 24.3 Å². The molecule has 0 bridgehead atoms. The van der Waals surface area contributed by atoms with Gasteiger partial charge in [-0.3, -0.25) is 40.9 Å². The molecular weight excluding hydrogens is 455 g/mol. The third-order valence-electron chi connectivity index (χ3n) is 4.20. The molecule has 0 aliphatic rings. The van der Waals surface area contributed by atoms with Crippen LogP contribution in [0.3, 0.4) is 0 Å². The molecule has 8 nitrogen and oxygen atoms in total. The quantitative estimate of drug-likeness (QED) is 0.438. The molecular formula is C22H16Cl2N4O4. The van der Waals surface area contributed by atoms with E-state index in [0.717, 1.165) is 0 Å². The molecule has 0 aliphatic heterocycles. The van der Waals surface area contributed by atoms with Crippen LogP contribution in [0.25, 0.3) is 0 Å². The summed E-state index contributed by atoms with van der Waals surface area (Å²) < 4.78 is 0. The highest BCUT2D eigenvalue weighted by atomic mass is 35.5. The Labute approximate surface area is 192 Å². The molecule has 162 valence electrons. The van der Waals surface area contributed by atoms with Crippen molar-refractivity contribution in [3.05, 3.63) is 105 Å². The summed E-state index contributed by atoms with van der Waals surface area (Å²) in [6.07, 6.45) is 0. The average Bonchev–Trinajstić information content (AvgIpc) is 2.81. The lowest BCUT2D eigenvalue weighted by Gasteiger charge is -2.09. The minimum Gasteiger partial charge on any atom is -0.267 e. The van der Waals surface area contributed by atoms with Gasteiger partial charge in [0.05, 0.1) is 0 Å². The number of hydrazine groups is 2. The SMILES string of the molecule is O=C(NNC(=O)c1ccc(C(=O)NNC(=O)c2ccc(Cl)cc2)cc1)c1ccc(Cl)cc1. The molecule has 32 heavy (non-hydrogen) atoms. The summed E-state index contributed by atoms with van der Waals surface area (Å²) in [5.74, 6) is -2.17. The third-order valence-corrected chi connectivity index (χ3v) is 4.71. The number of carbonyl (C=O) groups excluding carboxylic acids is 4. The van der Waals surface area contributed by atoms with Crippen LogP contribution in [0.2, 0.25) is 10.0 Å². The Morgan fingerprint density at radius 1 is 0.406 bits per heavy atom. The maximum Gasteiger partial charge on any atom is 0.269 e. The first kappa shape index (κ1) is 22.8. The summed E-state index contributed by atoms with van der Waals surface area (Å²) in [4.78, 5) is 48.4. The van der Waals surface area contributed by atoms with Gasteiger partial charge in [-0.1, -0.05) is 23.2 Å². The molecule has 0 saturated carbocycles. The van der Waals surface area contributed by atoms with Gasteiger partial charge in [0.15, 0.2) is 0 Å². The Bertz CT molecular complexity index is 1060. The Balaban J connectivity index is 1.51. The summed E-state index contributed by atoms with van der Waals surface area (Å²) >= 11 is 11.5. The van der Waals surface area contributed by atoms with Crippen molar-refractivity contribution in [3.8, 4) is 0 Å². The average molecular weight is 471 g/mol. The smallest absolute Gasteiger partial charge is 0.267 e. The van der Waals surface area contributed by atoms with E-state index in [1.807, 2.05) is 0 Å². The normalized spacial score (nSPS) is 10.1. The van der Waals surface area contributed by atoms with Crippen LogP contribution >= 0.6 is 23.2 Å². The summed E-state index contributed by atoms with van der Waals surface area (Å²) in [6, 6.07) is 17.9. The van der Waals surface area contributed by atoms with E-state index >= 15 is 0 Å². The van der Waals surface area contributed by atoms with E-state index in [2.05, 4.69) is 21.7 Å². The number of benzene rings is 3. The zero-order chi connectivity index (χ0) is 23.1. The van der Waals surface area contributed by atoms with Crippen LogP contribution in [0.5, 0.6) is 0 Å². The first-order valence-electron chi connectivity index (χ1n) is 9.16. The Kier molecular flexibility index (Phi) is 7.43. The van der Waals surface area contributed by atoms with Crippen molar-refractivity contribution in [3.63, 3.8) is 0 Å². The van der Waals surface area contributed by atoms with Crippen molar-refractivity contribution in [2.24, 2.45) is 0 Å². The maximum absolute atomic E-state index is 12.2. The predicted molar refractivity (Wildman–Crippen MR) is 119 cm³/mol. The van der Waals surface area contributed by atoms with E-state index in [-0.39, 0.29) is 11.1 Å². The van der Waals surface area contributed by atoms with Crippen molar-refractivity contribution in [1.82, 2.24) is 21.7 Å². The largest absolute Gasteiger partial charge is 0.269 e. The summed E-state index contributed by atoms with van der Waals surface area (Å²) in [6.45, 7) is 0. The fraction of sp³-hybridized carbons (Fsp3) is 0. The molecule has 3 aromatic carbocycles. The van der Waals surface area contributed by atoms with Crippen LogP contribution in [0.1, 0.15) is 41.4 Å². The number of amides is 4. The highest BCUT2D eigenvalue weighted by Crippen LogP contribution is 2.10. The van der Waals surface area contributed by atoms with Gasteiger partial charge in [0.1, 0.15) is 0 Å². The zero-order valence-corrected chi connectivity index (χ0v) is 17.8. The summed E-state index contributed by atoms with van der Waals surface area (Å²) in [5.41, 5.74) is 10.2. The number of carbonyl (C=O) groups is 4. The number of hydrogen-bond donors (Lipinski definition) is 4. The van der Waals surface area contributed by atoms with E-state index < -0.39 is 23.6 Å². The van der Waals surface area contributed by atoms with E-state index in [0.29, 0.717) is 21.2 Å². The van der Waals surface area contributed by atoms with Gasteiger partial charge in [-0.2, -0.15) is 0 Å². The fourth-order valence-corrected chi connectivity index (χ4v) is 2.74. The molecule has 0 radical (unpaired) electrons. The first-order chi connectivity index (χ1) is 15.3. The second-order valence-corrected chi connectivity index (χ2v) is 7.28. The van der Waals surface area contributed by atoms with Crippen molar-refractivity contribution in [2.75, 3.05) is 0 Å². The third kappa shape index (κ3) is 6.07. The van der Waals surface area contributed by atoms with Crippen LogP contribution in [-0.2, 0) is 0 Å². The number of rotatable bonds is 4. The first-order valence-corrected chi connectivity index (χ1v) is 9.91. The second kappa shape index (κ2) is 10.4. The molecule has 0 aliphatic carbocycles. The molecule has 10 heteroatoms. The van der Waals surface area contributed by atoms with Gasteiger partial charge < -0.3 is 0 Å². The summed E-state index contributed by atoms with van der Waals surface area (Å²) in [5, 5.41) is 0.971. The molecule has 0 aromatic heterocycles. The topological polar surface area (TPSA) is 116 Å². The number of halogens is 2. The monoisotopic (exact) mass is 470 g/mol. The van der Waals surface area contributed by atoms with Gasteiger partial charge >= 0.3 is 0 Å². The molecule has 3 aromatic rings.